The Morgan fingerprint density at radius 3 is 2.24 bits per heavy atom. The first-order valence-electron chi connectivity index (χ1n) is 10.8. The maximum Gasteiger partial charge on any atom is 0.251 e. The monoisotopic (exact) mass is 466 g/mol. The molecule has 0 aromatic heterocycles. The maximum atomic E-state index is 12.9. The summed E-state index contributed by atoms with van der Waals surface area (Å²) in [4.78, 5) is 12.9. The highest BCUT2D eigenvalue weighted by Gasteiger charge is 2.19. The molecule has 0 radical (unpaired) electrons. The van der Waals surface area contributed by atoms with E-state index in [2.05, 4.69) is 5.32 Å². The summed E-state index contributed by atoms with van der Waals surface area (Å²) in [5, 5.41) is 3.07. The topological polar surface area (TPSA) is 75.7 Å². The Bertz CT molecular complexity index is 1190. The van der Waals surface area contributed by atoms with Gasteiger partial charge in [-0.05, 0) is 60.4 Å². The van der Waals surface area contributed by atoms with Crippen LogP contribution < -0.4 is 14.4 Å². The lowest BCUT2D eigenvalue weighted by Crippen LogP contribution is -2.30. The molecule has 6 nitrogen and oxygen atoms in total. The molecule has 3 rings (SSSR count). The molecule has 174 valence electrons. The van der Waals surface area contributed by atoms with E-state index in [9.17, 15) is 13.2 Å². The number of sulfonamides is 1. The van der Waals surface area contributed by atoms with Crippen molar-refractivity contribution in [3.05, 3.63) is 95.1 Å². The van der Waals surface area contributed by atoms with Crippen LogP contribution in [0.4, 0.5) is 5.69 Å². The number of amides is 1. The summed E-state index contributed by atoms with van der Waals surface area (Å²) in [5.41, 5.74) is 3.87. The lowest BCUT2D eigenvalue weighted by molar-refractivity contribution is 0.0935. The van der Waals surface area contributed by atoms with Crippen LogP contribution in [0.25, 0.3) is 0 Å². The molecule has 0 saturated heterocycles. The van der Waals surface area contributed by atoms with Crippen molar-refractivity contribution in [3.63, 3.8) is 0 Å². The van der Waals surface area contributed by atoms with Gasteiger partial charge in [-0.3, -0.25) is 9.10 Å². The molecule has 3 aromatic rings. The van der Waals surface area contributed by atoms with Crippen LogP contribution in [0.15, 0.2) is 72.8 Å². The predicted octanol–water partition coefficient (Wildman–Crippen LogP) is 4.85. The van der Waals surface area contributed by atoms with Gasteiger partial charge in [-0.2, -0.15) is 0 Å². The second-order valence-electron chi connectivity index (χ2n) is 7.97. The molecular formula is C26H30N2O4S. The van der Waals surface area contributed by atoms with Crippen LogP contribution in [0.5, 0.6) is 5.75 Å². The predicted molar refractivity (Wildman–Crippen MR) is 132 cm³/mol. The van der Waals surface area contributed by atoms with Gasteiger partial charge in [-0.15, -0.1) is 0 Å². The van der Waals surface area contributed by atoms with Gasteiger partial charge >= 0.3 is 0 Å². The maximum absolute atomic E-state index is 12.9. The fourth-order valence-corrected chi connectivity index (χ4v) is 4.60. The fourth-order valence-electron chi connectivity index (χ4n) is 3.71. The van der Waals surface area contributed by atoms with E-state index in [-0.39, 0.29) is 18.5 Å². The van der Waals surface area contributed by atoms with Gasteiger partial charge in [0.15, 0.2) is 0 Å². The van der Waals surface area contributed by atoms with E-state index in [4.69, 9.17) is 4.74 Å². The second kappa shape index (κ2) is 10.5. The molecule has 1 atom stereocenters. The molecule has 0 aliphatic carbocycles. The average Bonchev–Trinajstić information content (AvgIpc) is 2.81. The quantitative estimate of drug-likeness (QED) is 0.489. The van der Waals surface area contributed by atoms with E-state index >= 15 is 0 Å². The third-order valence-electron chi connectivity index (χ3n) is 5.52. The van der Waals surface area contributed by atoms with Gasteiger partial charge in [0.2, 0.25) is 10.0 Å². The molecule has 0 spiro atoms. The molecule has 0 aliphatic rings. The van der Waals surface area contributed by atoms with Crippen molar-refractivity contribution in [3.8, 4) is 5.75 Å². The number of aryl methyl sites for hydroxylation is 1. The molecule has 0 aliphatic heterocycles. The first-order valence-corrected chi connectivity index (χ1v) is 12.6. The number of ether oxygens (including phenoxy) is 1. The summed E-state index contributed by atoms with van der Waals surface area (Å²) in [6, 6.07) is 21.8. The third kappa shape index (κ3) is 6.14. The SMILES string of the molecule is CCC(NC(=O)c1ccc(N(Cc2ccccc2)S(C)(=O)=O)cc1)c1ccc(OC)c(C)c1. The zero-order chi connectivity index (χ0) is 24.0. The highest BCUT2D eigenvalue weighted by Crippen LogP contribution is 2.25. The minimum Gasteiger partial charge on any atom is -0.496 e. The molecule has 1 unspecified atom stereocenters. The lowest BCUT2D eigenvalue weighted by atomic mass is 10.0. The molecule has 3 aromatic carbocycles. The highest BCUT2D eigenvalue weighted by molar-refractivity contribution is 7.92. The van der Waals surface area contributed by atoms with Crippen LogP contribution in [-0.4, -0.2) is 27.7 Å². The number of anilines is 1. The van der Waals surface area contributed by atoms with Crippen molar-refractivity contribution in [2.75, 3.05) is 17.7 Å². The Balaban J connectivity index is 1.77. The molecule has 0 saturated carbocycles. The summed E-state index contributed by atoms with van der Waals surface area (Å²) in [6.45, 7) is 4.21. The van der Waals surface area contributed by atoms with E-state index in [1.807, 2.05) is 62.4 Å². The average molecular weight is 467 g/mol. The van der Waals surface area contributed by atoms with Gasteiger partial charge in [-0.25, -0.2) is 8.42 Å². The van der Waals surface area contributed by atoms with Crippen LogP contribution in [0.3, 0.4) is 0 Å². The number of carbonyl (C=O) groups excluding carboxylic acids is 1. The number of nitrogens with zero attached hydrogens (tertiary/aromatic N) is 1. The smallest absolute Gasteiger partial charge is 0.251 e. The van der Waals surface area contributed by atoms with E-state index in [0.29, 0.717) is 11.3 Å². The van der Waals surface area contributed by atoms with Crippen molar-refractivity contribution < 1.29 is 17.9 Å². The minimum absolute atomic E-state index is 0.146. The molecule has 7 heteroatoms. The van der Waals surface area contributed by atoms with E-state index < -0.39 is 10.0 Å². The summed E-state index contributed by atoms with van der Waals surface area (Å²) in [5.74, 6) is 0.595. The standard InChI is InChI=1S/C26H30N2O4S/c1-5-24(22-13-16-25(32-3)19(2)17-22)27-26(29)21-11-14-23(15-12-21)28(33(4,30)31)18-20-9-7-6-8-10-20/h6-17,24H,5,18H2,1-4H3,(H,27,29). The number of nitrogens with one attached hydrogen (secondary N) is 1. The molecule has 0 heterocycles. The van der Waals surface area contributed by atoms with Crippen LogP contribution in [0.2, 0.25) is 0 Å². The third-order valence-corrected chi connectivity index (χ3v) is 6.66. The molecular weight excluding hydrogens is 436 g/mol. The second-order valence-corrected chi connectivity index (χ2v) is 9.87. The molecule has 0 fully saturated rings. The van der Waals surface area contributed by atoms with Gasteiger partial charge in [0.25, 0.3) is 5.91 Å². The summed E-state index contributed by atoms with van der Waals surface area (Å²) in [7, 11) is -1.86. The normalized spacial score (nSPS) is 12.1. The van der Waals surface area contributed by atoms with Gasteiger partial charge in [0.05, 0.1) is 31.6 Å². The zero-order valence-corrected chi connectivity index (χ0v) is 20.2. The minimum atomic E-state index is -3.50. The summed E-state index contributed by atoms with van der Waals surface area (Å²) < 4.78 is 31.5. The lowest BCUT2D eigenvalue weighted by Gasteiger charge is -2.23. The molecule has 0 bridgehead atoms. The number of hydrogen-bond acceptors (Lipinski definition) is 4. The Morgan fingerprint density at radius 1 is 1.03 bits per heavy atom. The Kier molecular flexibility index (Phi) is 7.76. The number of methoxy groups -OCH3 is 1. The Hall–Kier alpha value is -3.32. The zero-order valence-electron chi connectivity index (χ0n) is 19.4. The summed E-state index contributed by atoms with van der Waals surface area (Å²) >= 11 is 0. The van der Waals surface area contributed by atoms with E-state index in [0.717, 1.165) is 28.9 Å². The van der Waals surface area contributed by atoms with Gasteiger partial charge in [0, 0.05) is 5.56 Å². The van der Waals surface area contributed by atoms with Crippen molar-refractivity contribution in [2.45, 2.75) is 32.9 Å². The largest absolute Gasteiger partial charge is 0.496 e. The van der Waals surface area contributed by atoms with E-state index in [1.54, 1.807) is 31.4 Å². The molecule has 1 N–H and O–H groups in total. The van der Waals surface area contributed by atoms with Crippen LogP contribution >= 0.6 is 0 Å². The van der Waals surface area contributed by atoms with E-state index in [1.165, 1.54) is 10.6 Å². The fraction of sp³-hybridized carbons (Fsp3) is 0.269. The van der Waals surface area contributed by atoms with Crippen LogP contribution in [0, 0.1) is 6.92 Å². The van der Waals surface area contributed by atoms with Crippen LogP contribution in [0.1, 0.15) is 46.4 Å². The number of hydrogen-bond donors (Lipinski definition) is 1. The number of rotatable bonds is 9. The number of benzene rings is 3. The van der Waals surface area contributed by atoms with Crippen molar-refractivity contribution in [1.29, 1.82) is 0 Å². The van der Waals surface area contributed by atoms with Crippen molar-refractivity contribution in [2.24, 2.45) is 0 Å². The summed E-state index contributed by atoms with van der Waals surface area (Å²) in [6.07, 6.45) is 1.91. The first-order chi connectivity index (χ1) is 15.7. The van der Waals surface area contributed by atoms with Crippen molar-refractivity contribution in [1.82, 2.24) is 5.32 Å². The Labute approximate surface area is 196 Å². The van der Waals surface area contributed by atoms with Gasteiger partial charge in [-0.1, -0.05) is 49.4 Å². The van der Waals surface area contributed by atoms with Crippen LogP contribution in [-0.2, 0) is 16.6 Å². The number of carbonyl (C=O) groups is 1. The highest BCUT2D eigenvalue weighted by atomic mass is 32.2. The van der Waals surface area contributed by atoms with Gasteiger partial charge < -0.3 is 10.1 Å². The molecule has 33 heavy (non-hydrogen) atoms. The van der Waals surface area contributed by atoms with Crippen molar-refractivity contribution >= 4 is 21.6 Å². The first kappa shape index (κ1) is 24.3. The van der Waals surface area contributed by atoms with Gasteiger partial charge in [0.1, 0.15) is 5.75 Å². The Morgan fingerprint density at radius 2 is 1.70 bits per heavy atom. The molecule has 1 amide bonds.